The SMILES string of the molecule is CN(CCCc1nccn1C)c1ncc(F)c(N2CCOCC2)n1. The van der Waals surface area contributed by atoms with Crippen LogP contribution in [0.5, 0.6) is 0 Å². The molecule has 1 saturated heterocycles. The largest absolute Gasteiger partial charge is 0.378 e. The smallest absolute Gasteiger partial charge is 0.227 e. The molecular weight excluding hydrogens is 311 g/mol. The lowest BCUT2D eigenvalue weighted by atomic mass is 10.3. The lowest BCUT2D eigenvalue weighted by Crippen LogP contribution is -2.37. The number of hydrogen-bond donors (Lipinski definition) is 0. The minimum Gasteiger partial charge on any atom is -0.378 e. The second-order valence-corrected chi connectivity index (χ2v) is 5.92. The molecule has 8 heteroatoms. The van der Waals surface area contributed by atoms with Crippen LogP contribution in [-0.2, 0) is 18.2 Å². The highest BCUT2D eigenvalue weighted by Gasteiger charge is 2.18. The summed E-state index contributed by atoms with van der Waals surface area (Å²) in [7, 11) is 3.92. The molecule has 3 heterocycles. The first-order valence-electron chi connectivity index (χ1n) is 8.17. The lowest BCUT2D eigenvalue weighted by molar-refractivity contribution is 0.122. The Morgan fingerprint density at radius 3 is 2.79 bits per heavy atom. The van der Waals surface area contributed by atoms with Gasteiger partial charge in [-0.25, -0.2) is 14.4 Å². The van der Waals surface area contributed by atoms with Crippen molar-refractivity contribution in [3.05, 3.63) is 30.2 Å². The summed E-state index contributed by atoms with van der Waals surface area (Å²) < 4.78 is 21.4. The second kappa shape index (κ2) is 7.57. The highest BCUT2D eigenvalue weighted by Crippen LogP contribution is 2.20. The summed E-state index contributed by atoms with van der Waals surface area (Å²) in [5.41, 5.74) is 0. The Hall–Kier alpha value is -2.22. The van der Waals surface area contributed by atoms with Crippen molar-refractivity contribution in [2.45, 2.75) is 12.8 Å². The predicted octanol–water partition coefficient (Wildman–Crippen LogP) is 1.25. The third-order valence-corrected chi connectivity index (χ3v) is 4.18. The molecule has 0 saturated carbocycles. The van der Waals surface area contributed by atoms with E-state index in [2.05, 4.69) is 15.0 Å². The quantitative estimate of drug-likeness (QED) is 0.793. The molecule has 0 aliphatic carbocycles. The van der Waals surface area contributed by atoms with Gasteiger partial charge in [0.2, 0.25) is 5.95 Å². The molecule has 0 unspecified atom stereocenters. The van der Waals surface area contributed by atoms with Gasteiger partial charge < -0.3 is 19.1 Å². The van der Waals surface area contributed by atoms with E-state index in [4.69, 9.17) is 4.74 Å². The van der Waals surface area contributed by atoms with Crippen molar-refractivity contribution in [2.75, 3.05) is 49.7 Å². The van der Waals surface area contributed by atoms with E-state index < -0.39 is 0 Å². The van der Waals surface area contributed by atoms with Gasteiger partial charge >= 0.3 is 0 Å². The van der Waals surface area contributed by atoms with E-state index in [1.807, 2.05) is 34.7 Å². The number of ether oxygens (including phenoxy) is 1. The Bertz CT molecular complexity index is 670. The van der Waals surface area contributed by atoms with Crippen LogP contribution in [-0.4, -0.2) is 59.4 Å². The molecule has 2 aromatic heterocycles. The number of morpholine rings is 1. The molecule has 0 aromatic carbocycles. The number of aryl methyl sites for hydroxylation is 2. The predicted molar refractivity (Wildman–Crippen MR) is 89.8 cm³/mol. The van der Waals surface area contributed by atoms with E-state index in [0.717, 1.165) is 25.2 Å². The molecule has 130 valence electrons. The third-order valence-electron chi connectivity index (χ3n) is 4.18. The van der Waals surface area contributed by atoms with E-state index in [1.165, 1.54) is 6.20 Å². The van der Waals surface area contributed by atoms with Gasteiger partial charge in [-0.3, -0.25) is 0 Å². The van der Waals surface area contributed by atoms with Crippen LogP contribution in [0.3, 0.4) is 0 Å². The first-order chi connectivity index (χ1) is 11.6. The molecule has 0 amide bonds. The fourth-order valence-corrected chi connectivity index (χ4v) is 2.74. The summed E-state index contributed by atoms with van der Waals surface area (Å²) in [6.07, 6.45) is 6.80. The molecule has 1 aliphatic rings. The molecule has 2 aromatic rings. The normalized spacial score (nSPS) is 14.9. The molecule has 3 rings (SSSR count). The summed E-state index contributed by atoms with van der Waals surface area (Å²) in [5.74, 6) is 1.57. The van der Waals surface area contributed by atoms with Crippen LogP contribution in [0.2, 0.25) is 0 Å². The Morgan fingerprint density at radius 1 is 1.29 bits per heavy atom. The van der Waals surface area contributed by atoms with Gasteiger partial charge in [-0.1, -0.05) is 0 Å². The Kier molecular flexibility index (Phi) is 5.24. The molecular formula is C16H23FN6O. The van der Waals surface area contributed by atoms with Gasteiger partial charge in [-0.05, 0) is 6.42 Å². The zero-order valence-corrected chi connectivity index (χ0v) is 14.2. The minimum atomic E-state index is -0.387. The first kappa shape index (κ1) is 16.6. The first-order valence-corrected chi connectivity index (χ1v) is 8.17. The maximum atomic E-state index is 14.1. The summed E-state index contributed by atoms with van der Waals surface area (Å²) in [6.45, 7) is 3.27. The highest BCUT2D eigenvalue weighted by molar-refractivity contribution is 5.45. The number of imidazole rings is 1. The van der Waals surface area contributed by atoms with E-state index in [9.17, 15) is 4.39 Å². The van der Waals surface area contributed by atoms with Crippen molar-refractivity contribution in [1.82, 2.24) is 19.5 Å². The van der Waals surface area contributed by atoms with Gasteiger partial charge in [0.15, 0.2) is 11.6 Å². The van der Waals surface area contributed by atoms with Crippen molar-refractivity contribution < 1.29 is 9.13 Å². The molecule has 0 radical (unpaired) electrons. The summed E-state index contributed by atoms with van der Waals surface area (Å²) in [6, 6.07) is 0. The number of rotatable bonds is 6. The van der Waals surface area contributed by atoms with Crippen LogP contribution >= 0.6 is 0 Å². The fraction of sp³-hybridized carbons (Fsp3) is 0.562. The van der Waals surface area contributed by atoms with Crippen molar-refractivity contribution in [3.8, 4) is 0 Å². The Labute approximate surface area is 141 Å². The van der Waals surface area contributed by atoms with Gasteiger partial charge in [0, 0.05) is 52.5 Å². The number of nitrogens with zero attached hydrogens (tertiary/aromatic N) is 6. The fourth-order valence-electron chi connectivity index (χ4n) is 2.74. The molecule has 0 N–H and O–H groups in total. The van der Waals surface area contributed by atoms with Crippen LogP contribution < -0.4 is 9.80 Å². The maximum Gasteiger partial charge on any atom is 0.227 e. The zero-order chi connectivity index (χ0) is 16.9. The van der Waals surface area contributed by atoms with Gasteiger partial charge in [-0.15, -0.1) is 0 Å². The number of anilines is 2. The molecule has 0 spiro atoms. The molecule has 1 aliphatic heterocycles. The Morgan fingerprint density at radius 2 is 2.08 bits per heavy atom. The number of aromatic nitrogens is 4. The molecule has 1 fully saturated rings. The van der Waals surface area contributed by atoms with Crippen LogP contribution in [0.1, 0.15) is 12.2 Å². The Balaban J connectivity index is 1.61. The van der Waals surface area contributed by atoms with Crippen LogP contribution in [0.25, 0.3) is 0 Å². The molecule has 24 heavy (non-hydrogen) atoms. The highest BCUT2D eigenvalue weighted by atomic mass is 19.1. The summed E-state index contributed by atoms with van der Waals surface area (Å²) in [5, 5.41) is 0. The van der Waals surface area contributed by atoms with E-state index in [-0.39, 0.29) is 5.82 Å². The number of hydrogen-bond acceptors (Lipinski definition) is 6. The van der Waals surface area contributed by atoms with Crippen molar-refractivity contribution in [1.29, 1.82) is 0 Å². The zero-order valence-electron chi connectivity index (χ0n) is 14.2. The summed E-state index contributed by atoms with van der Waals surface area (Å²) in [4.78, 5) is 16.7. The van der Waals surface area contributed by atoms with Crippen molar-refractivity contribution in [3.63, 3.8) is 0 Å². The average Bonchev–Trinajstić information content (AvgIpc) is 3.01. The average molecular weight is 334 g/mol. The maximum absolute atomic E-state index is 14.1. The summed E-state index contributed by atoms with van der Waals surface area (Å²) >= 11 is 0. The van der Waals surface area contributed by atoms with Crippen LogP contribution in [0.15, 0.2) is 18.6 Å². The molecule has 7 nitrogen and oxygen atoms in total. The van der Waals surface area contributed by atoms with Crippen LogP contribution in [0.4, 0.5) is 16.2 Å². The lowest BCUT2D eigenvalue weighted by Gasteiger charge is -2.28. The van der Waals surface area contributed by atoms with E-state index >= 15 is 0 Å². The third kappa shape index (κ3) is 3.81. The van der Waals surface area contributed by atoms with Gasteiger partial charge in [0.25, 0.3) is 0 Å². The van der Waals surface area contributed by atoms with E-state index in [0.29, 0.717) is 38.1 Å². The minimum absolute atomic E-state index is 0.360. The second-order valence-electron chi connectivity index (χ2n) is 5.92. The standard InChI is InChI=1S/C16H23FN6O/c1-21-7-5-18-14(21)4-3-6-22(2)16-19-12-13(17)15(20-16)23-8-10-24-11-9-23/h5,7,12H,3-4,6,8-11H2,1-2H3. The topological polar surface area (TPSA) is 59.3 Å². The van der Waals surface area contributed by atoms with Crippen molar-refractivity contribution in [2.24, 2.45) is 7.05 Å². The van der Waals surface area contributed by atoms with Gasteiger partial charge in [0.1, 0.15) is 5.82 Å². The monoisotopic (exact) mass is 334 g/mol. The molecule has 0 bridgehead atoms. The van der Waals surface area contributed by atoms with Crippen LogP contribution in [0, 0.1) is 5.82 Å². The number of halogens is 1. The van der Waals surface area contributed by atoms with E-state index in [1.54, 1.807) is 6.20 Å². The van der Waals surface area contributed by atoms with Gasteiger partial charge in [-0.2, -0.15) is 4.98 Å². The molecule has 0 atom stereocenters. The van der Waals surface area contributed by atoms with Gasteiger partial charge in [0.05, 0.1) is 19.4 Å². The van der Waals surface area contributed by atoms with Crippen molar-refractivity contribution >= 4 is 11.8 Å².